The van der Waals surface area contributed by atoms with Crippen LogP contribution in [-0.2, 0) is 0 Å². The van der Waals surface area contributed by atoms with Gasteiger partial charge in [-0.05, 0) is 32.1 Å². The SMILES string of the molecule is Cc1cc(NCC2(C)CCCC2)nc(C)n1. The van der Waals surface area contributed by atoms with Crippen LogP contribution in [0.25, 0.3) is 0 Å². The van der Waals surface area contributed by atoms with Crippen molar-refractivity contribution in [3.63, 3.8) is 0 Å². The van der Waals surface area contributed by atoms with Crippen LogP contribution in [0.1, 0.15) is 44.1 Å². The molecule has 0 spiro atoms. The predicted molar refractivity (Wildman–Crippen MR) is 66.6 cm³/mol. The van der Waals surface area contributed by atoms with Gasteiger partial charge in [0.1, 0.15) is 11.6 Å². The minimum Gasteiger partial charge on any atom is -0.369 e. The predicted octanol–water partition coefficient (Wildman–Crippen LogP) is 3.09. The number of rotatable bonds is 3. The molecule has 1 N–H and O–H groups in total. The monoisotopic (exact) mass is 219 g/mol. The van der Waals surface area contributed by atoms with Crippen LogP contribution in [0.4, 0.5) is 5.82 Å². The van der Waals surface area contributed by atoms with Gasteiger partial charge in [0.25, 0.3) is 0 Å². The van der Waals surface area contributed by atoms with E-state index in [1.165, 1.54) is 25.7 Å². The fourth-order valence-corrected chi connectivity index (χ4v) is 2.52. The lowest BCUT2D eigenvalue weighted by atomic mass is 9.89. The molecular weight excluding hydrogens is 198 g/mol. The van der Waals surface area contributed by atoms with Crippen molar-refractivity contribution in [2.24, 2.45) is 5.41 Å². The van der Waals surface area contributed by atoms with Crippen molar-refractivity contribution in [2.75, 3.05) is 11.9 Å². The molecule has 16 heavy (non-hydrogen) atoms. The quantitative estimate of drug-likeness (QED) is 0.849. The van der Waals surface area contributed by atoms with E-state index in [-0.39, 0.29) is 0 Å². The summed E-state index contributed by atoms with van der Waals surface area (Å²) in [5.41, 5.74) is 1.50. The third-order valence-corrected chi connectivity index (χ3v) is 3.47. The largest absolute Gasteiger partial charge is 0.369 e. The van der Waals surface area contributed by atoms with Gasteiger partial charge in [-0.15, -0.1) is 0 Å². The van der Waals surface area contributed by atoms with Crippen molar-refractivity contribution >= 4 is 5.82 Å². The van der Waals surface area contributed by atoms with Gasteiger partial charge in [0, 0.05) is 18.3 Å². The Morgan fingerprint density at radius 3 is 2.56 bits per heavy atom. The van der Waals surface area contributed by atoms with Crippen molar-refractivity contribution in [2.45, 2.75) is 46.5 Å². The number of aromatic nitrogens is 2. The lowest BCUT2D eigenvalue weighted by Gasteiger charge is -2.24. The molecule has 1 heterocycles. The maximum absolute atomic E-state index is 4.40. The zero-order valence-electron chi connectivity index (χ0n) is 10.5. The first-order valence-corrected chi connectivity index (χ1v) is 6.14. The smallest absolute Gasteiger partial charge is 0.129 e. The molecule has 1 aromatic heterocycles. The second kappa shape index (κ2) is 4.40. The summed E-state index contributed by atoms with van der Waals surface area (Å²) in [5.74, 6) is 1.82. The fraction of sp³-hybridized carbons (Fsp3) is 0.692. The number of hydrogen-bond acceptors (Lipinski definition) is 3. The number of anilines is 1. The Bertz CT molecular complexity index is 347. The maximum atomic E-state index is 4.40. The molecule has 0 bridgehead atoms. The molecular formula is C13H21N3. The third kappa shape index (κ3) is 2.71. The summed E-state index contributed by atoms with van der Waals surface area (Å²) in [5, 5.41) is 3.46. The number of nitrogens with one attached hydrogen (secondary N) is 1. The van der Waals surface area contributed by atoms with Crippen LogP contribution in [0.2, 0.25) is 0 Å². The van der Waals surface area contributed by atoms with Crippen LogP contribution < -0.4 is 5.32 Å². The molecule has 3 heteroatoms. The highest BCUT2D eigenvalue weighted by Gasteiger charge is 2.28. The van der Waals surface area contributed by atoms with Gasteiger partial charge < -0.3 is 5.32 Å². The highest BCUT2D eigenvalue weighted by atomic mass is 15.0. The van der Waals surface area contributed by atoms with E-state index in [1.54, 1.807) is 0 Å². The first kappa shape index (κ1) is 11.4. The molecule has 88 valence electrons. The Balaban J connectivity index is 1.98. The Morgan fingerprint density at radius 1 is 1.25 bits per heavy atom. The van der Waals surface area contributed by atoms with Crippen molar-refractivity contribution in [1.82, 2.24) is 9.97 Å². The Labute approximate surface area is 97.7 Å². The molecule has 1 fully saturated rings. The van der Waals surface area contributed by atoms with Gasteiger partial charge in [0.2, 0.25) is 0 Å². The van der Waals surface area contributed by atoms with E-state index in [0.29, 0.717) is 5.41 Å². The first-order valence-electron chi connectivity index (χ1n) is 6.14. The number of hydrogen-bond donors (Lipinski definition) is 1. The first-order chi connectivity index (χ1) is 7.57. The maximum Gasteiger partial charge on any atom is 0.129 e. The van der Waals surface area contributed by atoms with Crippen molar-refractivity contribution in [1.29, 1.82) is 0 Å². The lowest BCUT2D eigenvalue weighted by Crippen LogP contribution is -2.23. The molecule has 0 unspecified atom stereocenters. The third-order valence-electron chi connectivity index (χ3n) is 3.47. The van der Waals surface area contributed by atoms with Crippen molar-refractivity contribution in [3.05, 3.63) is 17.6 Å². The highest BCUT2D eigenvalue weighted by Crippen LogP contribution is 2.37. The Morgan fingerprint density at radius 2 is 1.94 bits per heavy atom. The second-order valence-electron chi connectivity index (χ2n) is 5.31. The molecule has 1 aromatic rings. The molecule has 0 amide bonds. The van der Waals surface area contributed by atoms with Gasteiger partial charge in [-0.1, -0.05) is 19.8 Å². The molecule has 2 rings (SSSR count). The lowest BCUT2D eigenvalue weighted by molar-refractivity contribution is 0.361. The standard InChI is InChI=1S/C13H21N3/c1-10-8-12(16-11(2)15-10)14-9-13(3)6-4-5-7-13/h8H,4-7,9H2,1-3H3,(H,14,15,16). The van der Waals surface area contributed by atoms with Crippen molar-refractivity contribution < 1.29 is 0 Å². The zero-order chi connectivity index (χ0) is 11.6. The van der Waals surface area contributed by atoms with Gasteiger partial charge in [-0.3, -0.25) is 0 Å². The zero-order valence-corrected chi connectivity index (χ0v) is 10.5. The van der Waals surface area contributed by atoms with E-state index >= 15 is 0 Å². The molecule has 1 aliphatic rings. The average Bonchev–Trinajstić information content (AvgIpc) is 2.62. The van der Waals surface area contributed by atoms with Gasteiger partial charge in [-0.2, -0.15) is 0 Å². The van der Waals surface area contributed by atoms with Gasteiger partial charge in [0.15, 0.2) is 0 Å². The van der Waals surface area contributed by atoms with E-state index in [4.69, 9.17) is 0 Å². The molecule has 3 nitrogen and oxygen atoms in total. The minimum atomic E-state index is 0.465. The van der Waals surface area contributed by atoms with E-state index in [2.05, 4.69) is 22.2 Å². The number of aryl methyl sites for hydroxylation is 2. The highest BCUT2D eigenvalue weighted by molar-refractivity contribution is 5.35. The summed E-state index contributed by atoms with van der Waals surface area (Å²) in [6, 6.07) is 2.02. The van der Waals surface area contributed by atoms with Crippen LogP contribution in [0.15, 0.2) is 6.07 Å². The summed E-state index contributed by atoms with van der Waals surface area (Å²) in [7, 11) is 0. The van der Waals surface area contributed by atoms with Gasteiger partial charge in [-0.25, -0.2) is 9.97 Å². The van der Waals surface area contributed by atoms with E-state index in [1.807, 2.05) is 19.9 Å². The summed E-state index contributed by atoms with van der Waals surface area (Å²) >= 11 is 0. The van der Waals surface area contributed by atoms with Crippen LogP contribution >= 0.6 is 0 Å². The van der Waals surface area contributed by atoms with Crippen molar-refractivity contribution in [3.8, 4) is 0 Å². The van der Waals surface area contributed by atoms with Crippen LogP contribution in [-0.4, -0.2) is 16.5 Å². The number of nitrogens with zero attached hydrogens (tertiary/aromatic N) is 2. The van der Waals surface area contributed by atoms with E-state index in [0.717, 1.165) is 23.9 Å². The summed E-state index contributed by atoms with van der Waals surface area (Å²) in [6.45, 7) is 7.35. The molecule has 0 radical (unpaired) electrons. The minimum absolute atomic E-state index is 0.465. The molecule has 1 aliphatic carbocycles. The topological polar surface area (TPSA) is 37.8 Å². The van der Waals surface area contributed by atoms with E-state index in [9.17, 15) is 0 Å². The molecule has 0 aromatic carbocycles. The van der Waals surface area contributed by atoms with E-state index < -0.39 is 0 Å². The molecule has 0 atom stereocenters. The molecule has 0 aliphatic heterocycles. The normalized spacial score (nSPS) is 18.7. The Kier molecular flexibility index (Phi) is 3.13. The molecule has 0 saturated heterocycles. The van der Waals surface area contributed by atoms with Gasteiger partial charge >= 0.3 is 0 Å². The summed E-state index contributed by atoms with van der Waals surface area (Å²) in [4.78, 5) is 8.68. The van der Waals surface area contributed by atoms with Crippen LogP contribution in [0, 0.1) is 19.3 Å². The van der Waals surface area contributed by atoms with Crippen LogP contribution in [0.3, 0.4) is 0 Å². The second-order valence-corrected chi connectivity index (χ2v) is 5.31. The summed E-state index contributed by atoms with van der Waals surface area (Å²) < 4.78 is 0. The summed E-state index contributed by atoms with van der Waals surface area (Å²) in [6.07, 6.45) is 5.42. The van der Waals surface area contributed by atoms with Crippen LogP contribution in [0.5, 0.6) is 0 Å². The molecule has 1 saturated carbocycles. The van der Waals surface area contributed by atoms with Gasteiger partial charge in [0.05, 0.1) is 0 Å². The Hall–Kier alpha value is -1.12. The average molecular weight is 219 g/mol. The fourth-order valence-electron chi connectivity index (χ4n) is 2.52.